The molecule has 2 rings (SSSR count). The fourth-order valence-electron chi connectivity index (χ4n) is 1.91. The first-order chi connectivity index (χ1) is 14.0. The lowest BCUT2D eigenvalue weighted by atomic mass is 10.1. The molecule has 1 heterocycles. The lowest BCUT2D eigenvalue weighted by molar-refractivity contribution is 0.100. The van der Waals surface area contributed by atoms with Gasteiger partial charge in [-0.05, 0) is 45.2 Å². The average molecular weight is 314 g/mol. The molecule has 1 unspecified atom stereocenters. The molecule has 1 aromatic carbocycles. The Balaban J connectivity index is 2.22. The third kappa shape index (κ3) is 4.32. The number of aliphatic hydroxyl groups excluding tert-OH is 1. The average Bonchev–Trinajstić information content (AvgIpc) is 2.57. The van der Waals surface area contributed by atoms with Crippen LogP contribution in [0.3, 0.4) is 0 Å². The lowest BCUT2D eigenvalue weighted by Crippen LogP contribution is -2.42. The summed E-state index contributed by atoms with van der Waals surface area (Å²) in [5, 5.41) is 12.9. The molecule has 1 atom stereocenters. The van der Waals surface area contributed by atoms with Crippen molar-refractivity contribution in [3.63, 3.8) is 0 Å². The van der Waals surface area contributed by atoms with Crippen LogP contribution in [0.1, 0.15) is 38.5 Å². The maximum Gasteiger partial charge on any atom is 0.336 e. The largest absolute Gasteiger partial charge is 0.487 e. The van der Waals surface area contributed by atoms with Crippen LogP contribution in [0.4, 0.5) is 0 Å². The van der Waals surface area contributed by atoms with Crippen molar-refractivity contribution in [3.8, 4) is 5.75 Å². The molecule has 2 N–H and O–H groups in total. The van der Waals surface area contributed by atoms with Gasteiger partial charge in [0.1, 0.15) is 12.7 Å². The van der Waals surface area contributed by atoms with E-state index in [2.05, 4.69) is 5.32 Å². The van der Waals surface area contributed by atoms with Gasteiger partial charge in [-0.1, -0.05) is 6.07 Å². The van der Waals surface area contributed by atoms with E-state index in [1.54, 1.807) is 19.1 Å². The van der Waals surface area contributed by atoms with Gasteiger partial charge >= 0.3 is 5.63 Å². The van der Waals surface area contributed by atoms with Gasteiger partial charge in [0.05, 0.1) is 0 Å². The predicted molar refractivity (Wildman–Crippen MR) is 86.5 cm³/mol. The number of ether oxygens (including phenoxy) is 1. The molecule has 0 aliphatic rings. The van der Waals surface area contributed by atoms with Gasteiger partial charge in [-0.25, -0.2) is 4.79 Å². The Morgan fingerprint density at radius 1 is 1.36 bits per heavy atom. The van der Waals surface area contributed by atoms with Crippen molar-refractivity contribution in [1.29, 1.82) is 0 Å². The number of aryl methyl sites for hydroxylation is 1. The number of benzene rings is 1. The van der Waals surface area contributed by atoms with Crippen molar-refractivity contribution in [1.82, 2.24) is 5.32 Å². The third-order valence-corrected chi connectivity index (χ3v) is 3.00. The Labute approximate surface area is 142 Å². The molecule has 0 aliphatic carbocycles. The smallest absolute Gasteiger partial charge is 0.336 e. The zero-order chi connectivity index (χ0) is 23.8. The Kier molecular flexibility index (Phi) is 2.40. The highest BCUT2D eigenvalue weighted by Gasteiger charge is 2.14. The van der Waals surface area contributed by atoms with Crippen LogP contribution in [0.5, 0.6) is 5.75 Å². The van der Waals surface area contributed by atoms with Crippen LogP contribution in [-0.2, 0) is 0 Å². The Morgan fingerprint density at radius 3 is 2.86 bits per heavy atom. The minimum absolute atomic E-state index is 0.131. The van der Waals surface area contributed by atoms with Crippen LogP contribution in [0.2, 0.25) is 0 Å². The number of nitrogens with one attached hydrogen (secondary N) is 1. The van der Waals surface area contributed by atoms with Gasteiger partial charge in [0.15, 0.2) is 11.3 Å². The van der Waals surface area contributed by atoms with Gasteiger partial charge in [0, 0.05) is 35.9 Å². The molecule has 0 saturated heterocycles. The second-order valence-electron chi connectivity index (χ2n) is 4.97. The maximum absolute atomic E-state index is 11.5. The summed E-state index contributed by atoms with van der Waals surface area (Å²) in [6.07, 6.45) is -1.47. The maximum atomic E-state index is 11.5. The van der Waals surface area contributed by atoms with Crippen LogP contribution in [0.25, 0.3) is 11.0 Å². The van der Waals surface area contributed by atoms with Crippen molar-refractivity contribution in [2.45, 2.75) is 39.1 Å². The second kappa shape index (κ2) is 6.50. The van der Waals surface area contributed by atoms with Crippen molar-refractivity contribution >= 4 is 11.0 Å². The highest BCUT2D eigenvalue weighted by atomic mass is 16.5. The summed E-state index contributed by atoms with van der Waals surface area (Å²) < 4.78 is 78.6. The summed E-state index contributed by atoms with van der Waals surface area (Å²) in [6, 6.07) is 6.01. The van der Waals surface area contributed by atoms with Gasteiger partial charge < -0.3 is 19.6 Å². The molecule has 0 saturated carbocycles. The van der Waals surface area contributed by atoms with Gasteiger partial charge in [-0.3, -0.25) is 0 Å². The van der Waals surface area contributed by atoms with E-state index >= 15 is 0 Å². The summed E-state index contributed by atoms with van der Waals surface area (Å²) in [7, 11) is 0. The van der Waals surface area contributed by atoms with Gasteiger partial charge in [0.25, 0.3) is 0 Å². The van der Waals surface area contributed by atoms with E-state index in [-0.39, 0.29) is 11.3 Å². The molecule has 0 radical (unpaired) electrons. The Hall–Kier alpha value is -1.85. The first-order valence-electron chi connectivity index (χ1n) is 11.1. The van der Waals surface area contributed by atoms with Crippen molar-refractivity contribution < 1.29 is 26.6 Å². The standard InChI is InChI=1S/C17H23NO4/c1-11-5-7-14(16-13(11)6-8-15(20)22-16)21-10-12(19)9-18-17(2,3)4/h5-8,12,18-19H,9-10H2,1-4H3/i2D3,3D3,4D3. The zero-order valence-corrected chi connectivity index (χ0v) is 12.0. The quantitative estimate of drug-likeness (QED) is 0.828. The van der Waals surface area contributed by atoms with Crippen LogP contribution < -0.4 is 15.7 Å². The highest BCUT2D eigenvalue weighted by Crippen LogP contribution is 2.27. The molecular formula is C17H23NO4. The van der Waals surface area contributed by atoms with Crippen LogP contribution in [-0.4, -0.2) is 29.9 Å². The summed E-state index contributed by atoms with van der Waals surface area (Å²) in [6.45, 7) is -9.64. The molecule has 0 spiro atoms. The molecular weight excluding hydrogens is 282 g/mol. The van der Waals surface area contributed by atoms with E-state index in [1.807, 2.05) is 0 Å². The summed E-state index contributed by atoms with van der Waals surface area (Å²) in [4.78, 5) is 11.5. The van der Waals surface area contributed by atoms with Crippen LogP contribution in [0.15, 0.2) is 33.5 Å². The predicted octanol–water partition coefficient (Wildman–Crippen LogP) is 2.23. The first kappa shape index (κ1) is 8.13. The minimum atomic E-state index is -3.43. The number of β-amino-alcohol motifs (C(OH)–C–C–N with tert-alkyl or cyclic N) is 1. The van der Waals surface area contributed by atoms with E-state index in [0.29, 0.717) is 5.39 Å². The summed E-state index contributed by atoms with van der Waals surface area (Å²) in [5.41, 5.74) is -2.90. The second-order valence-corrected chi connectivity index (χ2v) is 4.97. The molecule has 0 aliphatic heterocycles. The van der Waals surface area contributed by atoms with Crippen molar-refractivity contribution in [2.75, 3.05) is 13.2 Å². The number of fused-ring (bicyclic) bond motifs is 1. The van der Waals surface area contributed by atoms with Gasteiger partial charge in [-0.2, -0.15) is 0 Å². The molecule has 0 amide bonds. The SMILES string of the molecule is [2H]C([2H])([2H])C(NCC(O)COc1ccc(C)c2ccc(=O)oc12)(C([2H])([2H])[2H])C([2H])([2H])[2H]. The Morgan fingerprint density at radius 2 is 2.14 bits per heavy atom. The monoisotopic (exact) mass is 314 g/mol. The first-order valence-corrected chi connectivity index (χ1v) is 6.60. The number of hydrogen-bond donors (Lipinski definition) is 2. The molecule has 0 bridgehead atoms. The van der Waals surface area contributed by atoms with Gasteiger partial charge in [0.2, 0.25) is 0 Å². The summed E-state index contributed by atoms with van der Waals surface area (Å²) >= 11 is 0. The van der Waals surface area contributed by atoms with E-state index in [0.717, 1.165) is 5.56 Å². The molecule has 0 fully saturated rings. The molecule has 5 heteroatoms. The van der Waals surface area contributed by atoms with E-state index in [4.69, 9.17) is 21.5 Å². The molecule has 1 aromatic heterocycles. The minimum Gasteiger partial charge on any atom is -0.487 e. The van der Waals surface area contributed by atoms with Crippen LogP contribution in [0, 0.1) is 6.92 Å². The fourth-order valence-corrected chi connectivity index (χ4v) is 1.91. The fraction of sp³-hybridized carbons (Fsp3) is 0.471. The Bertz CT molecular complexity index is 943. The molecule has 22 heavy (non-hydrogen) atoms. The van der Waals surface area contributed by atoms with Crippen molar-refractivity contribution in [2.24, 2.45) is 0 Å². The van der Waals surface area contributed by atoms with Crippen LogP contribution >= 0.6 is 0 Å². The van der Waals surface area contributed by atoms with Gasteiger partial charge in [-0.15, -0.1) is 0 Å². The lowest BCUT2D eigenvalue weighted by Gasteiger charge is -2.23. The molecule has 5 nitrogen and oxygen atoms in total. The number of hydrogen-bond acceptors (Lipinski definition) is 5. The molecule has 2 aromatic rings. The number of rotatable bonds is 5. The van der Waals surface area contributed by atoms with E-state index in [9.17, 15) is 9.90 Å². The van der Waals surface area contributed by atoms with E-state index in [1.165, 1.54) is 12.1 Å². The van der Waals surface area contributed by atoms with E-state index < -0.39 is 51.0 Å². The molecule has 120 valence electrons. The number of aliphatic hydroxyl groups is 1. The highest BCUT2D eigenvalue weighted by molar-refractivity contribution is 5.85. The summed E-state index contributed by atoms with van der Waals surface area (Å²) in [5.74, 6) is 0.131. The normalized spacial score (nSPS) is 21.1. The topological polar surface area (TPSA) is 71.7 Å². The zero-order valence-electron chi connectivity index (χ0n) is 21.0. The third-order valence-electron chi connectivity index (χ3n) is 3.00. The van der Waals surface area contributed by atoms with Crippen molar-refractivity contribution in [3.05, 3.63) is 40.2 Å².